The van der Waals surface area contributed by atoms with Gasteiger partial charge in [0, 0.05) is 12.4 Å². The number of aromatic nitrogens is 1. The number of carbonyl (C=O) groups is 3. The standard InChI is InChI=1S/C14H8N2O3/c17-12(9-4-3-7-15-8-9)16-13(18)10-5-1-2-6-11(10)14(16)19/h1-8H. The van der Waals surface area contributed by atoms with Crippen LogP contribution in [0.15, 0.2) is 48.8 Å². The summed E-state index contributed by atoms with van der Waals surface area (Å²) in [7, 11) is 0. The second-order valence-electron chi connectivity index (χ2n) is 4.04. The number of hydrogen-bond acceptors (Lipinski definition) is 4. The number of benzene rings is 1. The van der Waals surface area contributed by atoms with E-state index in [-0.39, 0.29) is 16.7 Å². The van der Waals surface area contributed by atoms with Gasteiger partial charge in [-0.05, 0) is 24.3 Å². The average molecular weight is 252 g/mol. The number of hydrogen-bond donors (Lipinski definition) is 0. The summed E-state index contributed by atoms with van der Waals surface area (Å²) in [5.74, 6) is -1.83. The summed E-state index contributed by atoms with van der Waals surface area (Å²) in [6.07, 6.45) is 2.84. The zero-order valence-electron chi connectivity index (χ0n) is 9.74. The molecule has 5 nitrogen and oxygen atoms in total. The van der Waals surface area contributed by atoms with Gasteiger partial charge in [-0.1, -0.05) is 12.1 Å². The Morgan fingerprint density at radius 2 is 1.58 bits per heavy atom. The van der Waals surface area contributed by atoms with Gasteiger partial charge in [-0.15, -0.1) is 0 Å². The number of imide groups is 3. The fraction of sp³-hybridized carbons (Fsp3) is 0. The van der Waals surface area contributed by atoms with E-state index in [2.05, 4.69) is 4.98 Å². The first-order valence-electron chi connectivity index (χ1n) is 5.62. The Morgan fingerprint density at radius 1 is 0.947 bits per heavy atom. The van der Waals surface area contributed by atoms with E-state index >= 15 is 0 Å². The molecule has 92 valence electrons. The largest absolute Gasteiger partial charge is 0.269 e. The molecule has 1 aromatic carbocycles. The molecule has 19 heavy (non-hydrogen) atoms. The third kappa shape index (κ3) is 1.63. The highest BCUT2D eigenvalue weighted by molar-refractivity contribution is 6.31. The van der Waals surface area contributed by atoms with Gasteiger partial charge in [-0.25, -0.2) is 4.90 Å². The molecular formula is C14H8N2O3. The van der Waals surface area contributed by atoms with E-state index in [0.717, 1.165) is 0 Å². The first-order valence-corrected chi connectivity index (χ1v) is 5.62. The van der Waals surface area contributed by atoms with Crippen LogP contribution in [0.1, 0.15) is 31.1 Å². The van der Waals surface area contributed by atoms with Crippen LogP contribution in [0.2, 0.25) is 0 Å². The number of amides is 3. The van der Waals surface area contributed by atoms with Crippen molar-refractivity contribution < 1.29 is 14.4 Å². The molecule has 0 saturated carbocycles. The Morgan fingerprint density at radius 3 is 2.11 bits per heavy atom. The van der Waals surface area contributed by atoms with Crippen LogP contribution < -0.4 is 0 Å². The van der Waals surface area contributed by atoms with Gasteiger partial charge in [0.1, 0.15) is 0 Å². The highest BCUT2D eigenvalue weighted by Gasteiger charge is 2.39. The summed E-state index contributed by atoms with van der Waals surface area (Å²) in [5, 5.41) is 0. The summed E-state index contributed by atoms with van der Waals surface area (Å²) >= 11 is 0. The van der Waals surface area contributed by atoms with Crippen molar-refractivity contribution in [1.29, 1.82) is 0 Å². The Hall–Kier alpha value is -2.82. The van der Waals surface area contributed by atoms with Crippen LogP contribution in [0.25, 0.3) is 0 Å². The number of nitrogens with zero attached hydrogens (tertiary/aromatic N) is 2. The molecule has 3 rings (SSSR count). The Kier molecular flexibility index (Phi) is 2.45. The molecule has 2 aromatic rings. The lowest BCUT2D eigenvalue weighted by molar-refractivity contribution is 0.0566. The van der Waals surface area contributed by atoms with Crippen LogP contribution in [0.4, 0.5) is 0 Å². The number of fused-ring (bicyclic) bond motifs is 1. The van der Waals surface area contributed by atoms with E-state index < -0.39 is 17.7 Å². The van der Waals surface area contributed by atoms with E-state index in [9.17, 15) is 14.4 Å². The first-order chi connectivity index (χ1) is 9.20. The van der Waals surface area contributed by atoms with Crippen molar-refractivity contribution in [2.24, 2.45) is 0 Å². The molecule has 0 radical (unpaired) electrons. The Bertz CT molecular complexity index is 660. The van der Waals surface area contributed by atoms with E-state index in [0.29, 0.717) is 4.90 Å². The third-order valence-electron chi connectivity index (χ3n) is 2.91. The van der Waals surface area contributed by atoms with Gasteiger partial charge >= 0.3 is 0 Å². The predicted octanol–water partition coefficient (Wildman–Crippen LogP) is 1.52. The highest BCUT2D eigenvalue weighted by Crippen LogP contribution is 2.23. The van der Waals surface area contributed by atoms with Gasteiger partial charge in [-0.3, -0.25) is 19.4 Å². The molecule has 0 fully saturated rings. The molecule has 0 unspecified atom stereocenters. The molecule has 0 aliphatic carbocycles. The van der Waals surface area contributed by atoms with Crippen LogP contribution in [0, 0.1) is 0 Å². The van der Waals surface area contributed by atoms with Gasteiger partial charge in [0.05, 0.1) is 16.7 Å². The molecule has 3 amide bonds. The van der Waals surface area contributed by atoms with Crippen molar-refractivity contribution in [3.05, 3.63) is 65.5 Å². The van der Waals surface area contributed by atoms with Crippen molar-refractivity contribution in [3.8, 4) is 0 Å². The molecule has 0 saturated heterocycles. The monoisotopic (exact) mass is 252 g/mol. The van der Waals surface area contributed by atoms with Gasteiger partial charge in [0.2, 0.25) is 0 Å². The lowest BCUT2D eigenvalue weighted by atomic mass is 10.1. The smallest absolute Gasteiger partial charge is 0.268 e. The van der Waals surface area contributed by atoms with Crippen molar-refractivity contribution in [1.82, 2.24) is 9.88 Å². The number of carbonyl (C=O) groups excluding carboxylic acids is 3. The van der Waals surface area contributed by atoms with E-state index in [4.69, 9.17) is 0 Å². The topological polar surface area (TPSA) is 67.3 Å². The lowest BCUT2D eigenvalue weighted by Gasteiger charge is -2.11. The predicted molar refractivity (Wildman–Crippen MR) is 65.5 cm³/mol. The summed E-state index contributed by atoms with van der Waals surface area (Å²) in [4.78, 5) is 40.8. The van der Waals surface area contributed by atoms with E-state index in [1.807, 2.05) is 0 Å². The second kappa shape index (κ2) is 4.13. The third-order valence-corrected chi connectivity index (χ3v) is 2.91. The molecule has 5 heteroatoms. The number of rotatable bonds is 1. The zero-order chi connectivity index (χ0) is 13.4. The summed E-state index contributed by atoms with van der Waals surface area (Å²) < 4.78 is 0. The van der Waals surface area contributed by atoms with Crippen molar-refractivity contribution in [2.45, 2.75) is 0 Å². The minimum absolute atomic E-state index is 0.206. The van der Waals surface area contributed by atoms with Crippen LogP contribution in [0.5, 0.6) is 0 Å². The molecule has 0 atom stereocenters. The fourth-order valence-corrected chi connectivity index (χ4v) is 1.99. The fourth-order valence-electron chi connectivity index (χ4n) is 1.99. The molecule has 1 aliphatic rings. The van der Waals surface area contributed by atoms with Gasteiger partial charge in [-0.2, -0.15) is 0 Å². The average Bonchev–Trinajstić information content (AvgIpc) is 2.72. The maximum Gasteiger partial charge on any atom is 0.269 e. The van der Waals surface area contributed by atoms with Gasteiger partial charge in [0.25, 0.3) is 17.7 Å². The maximum atomic E-state index is 12.2. The van der Waals surface area contributed by atoms with Crippen LogP contribution >= 0.6 is 0 Å². The van der Waals surface area contributed by atoms with Gasteiger partial charge in [0.15, 0.2) is 0 Å². The maximum absolute atomic E-state index is 12.2. The molecule has 0 N–H and O–H groups in total. The molecule has 0 spiro atoms. The van der Waals surface area contributed by atoms with Crippen LogP contribution in [-0.2, 0) is 0 Å². The highest BCUT2D eigenvalue weighted by atomic mass is 16.2. The Labute approximate surface area is 108 Å². The summed E-state index contributed by atoms with van der Waals surface area (Å²) in [5.41, 5.74) is 0.714. The zero-order valence-corrected chi connectivity index (χ0v) is 9.74. The van der Waals surface area contributed by atoms with Crippen LogP contribution in [-0.4, -0.2) is 27.6 Å². The summed E-state index contributed by atoms with van der Waals surface area (Å²) in [6, 6.07) is 9.46. The van der Waals surface area contributed by atoms with E-state index in [1.54, 1.807) is 18.2 Å². The molecule has 2 heterocycles. The quantitative estimate of drug-likeness (QED) is 0.721. The van der Waals surface area contributed by atoms with Crippen molar-refractivity contribution in [2.75, 3.05) is 0 Å². The Balaban J connectivity index is 2.03. The van der Waals surface area contributed by atoms with E-state index in [1.165, 1.54) is 30.6 Å². The molecule has 1 aliphatic heterocycles. The van der Waals surface area contributed by atoms with Crippen LogP contribution in [0.3, 0.4) is 0 Å². The molecule has 1 aromatic heterocycles. The molecule has 0 bridgehead atoms. The second-order valence-corrected chi connectivity index (χ2v) is 4.04. The number of pyridine rings is 1. The SMILES string of the molecule is O=C(c1cccnc1)N1C(=O)c2ccccc2C1=O. The normalized spacial score (nSPS) is 13.6. The van der Waals surface area contributed by atoms with Crippen molar-refractivity contribution >= 4 is 17.7 Å². The van der Waals surface area contributed by atoms with Crippen molar-refractivity contribution in [3.63, 3.8) is 0 Å². The summed E-state index contributed by atoms with van der Waals surface area (Å²) in [6.45, 7) is 0. The minimum Gasteiger partial charge on any atom is -0.268 e. The minimum atomic E-state index is -0.653. The first kappa shape index (κ1) is 11.3. The molecular weight excluding hydrogens is 244 g/mol. The van der Waals surface area contributed by atoms with Gasteiger partial charge < -0.3 is 0 Å². The lowest BCUT2D eigenvalue weighted by Crippen LogP contribution is -2.36.